The van der Waals surface area contributed by atoms with Gasteiger partial charge < -0.3 is 10.3 Å². The maximum absolute atomic E-state index is 4.27. The van der Waals surface area contributed by atoms with Crippen LogP contribution in [0, 0.1) is 0 Å². The normalized spacial score (nSPS) is 12.6. The molecule has 1 unspecified atom stereocenters. The van der Waals surface area contributed by atoms with Gasteiger partial charge in [0, 0.05) is 23.3 Å². The molecule has 0 saturated heterocycles. The van der Waals surface area contributed by atoms with Crippen molar-refractivity contribution in [1.82, 2.24) is 15.3 Å². The Morgan fingerprint density at radius 2 is 2.17 bits per heavy atom. The summed E-state index contributed by atoms with van der Waals surface area (Å²) in [5, 5.41) is 4.46. The largest absolute Gasteiger partial charge is 0.339 e. The van der Waals surface area contributed by atoms with E-state index in [9.17, 15) is 0 Å². The van der Waals surface area contributed by atoms with Gasteiger partial charge in [0.25, 0.3) is 0 Å². The fourth-order valence-electron chi connectivity index (χ4n) is 1.99. The van der Waals surface area contributed by atoms with Gasteiger partial charge in [-0.3, -0.25) is 0 Å². The quantitative estimate of drug-likeness (QED) is 0.834. The Morgan fingerprint density at radius 1 is 1.33 bits per heavy atom. The molecule has 2 aromatic rings. The molecule has 0 saturated carbocycles. The van der Waals surface area contributed by atoms with Gasteiger partial charge in [-0.2, -0.15) is 0 Å². The van der Waals surface area contributed by atoms with Gasteiger partial charge in [0.15, 0.2) is 5.16 Å². The van der Waals surface area contributed by atoms with Gasteiger partial charge in [-0.15, -0.1) is 0 Å². The zero-order valence-corrected chi connectivity index (χ0v) is 11.6. The number of hydrogen-bond acceptors (Lipinski definition) is 3. The van der Waals surface area contributed by atoms with Gasteiger partial charge in [0.2, 0.25) is 0 Å². The average molecular weight is 261 g/mol. The lowest BCUT2D eigenvalue weighted by molar-refractivity contribution is 0.530. The van der Waals surface area contributed by atoms with Crippen molar-refractivity contribution in [2.45, 2.75) is 36.4 Å². The van der Waals surface area contributed by atoms with E-state index in [1.54, 1.807) is 18.0 Å². The lowest BCUT2D eigenvalue weighted by atomic mass is 10.0. The Bertz CT molecular complexity index is 468. The van der Waals surface area contributed by atoms with Crippen molar-refractivity contribution in [1.29, 1.82) is 0 Å². The van der Waals surface area contributed by atoms with Gasteiger partial charge in [-0.25, -0.2) is 4.98 Å². The average Bonchev–Trinajstić information content (AvgIpc) is 2.90. The third kappa shape index (κ3) is 3.15. The van der Waals surface area contributed by atoms with E-state index in [4.69, 9.17) is 0 Å². The summed E-state index contributed by atoms with van der Waals surface area (Å²) in [7, 11) is 0. The van der Waals surface area contributed by atoms with Crippen LogP contribution >= 0.6 is 11.8 Å². The number of H-pyrrole nitrogens is 1. The van der Waals surface area contributed by atoms with Gasteiger partial charge in [-0.05, 0) is 24.6 Å². The molecule has 0 spiro atoms. The minimum Gasteiger partial charge on any atom is -0.339 e. The summed E-state index contributed by atoms with van der Waals surface area (Å²) >= 11 is 1.68. The summed E-state index contributed by atoms with van der Waals surface area (Å²) in [6.45, 7) is 5.34. The summed E-state index contributed by atoms with van der Waals surface area (Å²) in [5.41, 5.74) is 1.35. The number of hydrogen-bond donors (Lipinski definition) is 2. The molecule has 18 heavy (non-hydrogen) atoms. The number of benzene rings is 1. The van der Waals surface area contributed by atoms with Gasteiger partial charge >= 0.3 is 0 Å². The second-order valence-corrected chi connectivity index (χ2v) is 5.08. The summed E-state index contributed by atoms with van der Waals surface area (Å²) in [4.78, 5) is 8.67. The molecule has 3 nitrogen and oxygen atoms in total. The second-order valence-electron chi connectivity index (χ2n) is 4.05. The Kier molecular flexibility index (Phi) is 4.84. The van der Waals surface area contributed by atoms with E-state index >= 15 is 0 Å². The van der Waals surface area contributed by atoms with Crippen LogP contribution in [0.2, 0.25) is 0 Å². The van der Waals surface area contributed by atoms with Crippen LogP contribution in [-0.2, 0) is 0 Å². The molecule has 1 heterocycles. The van der Waals surface area contributed by atoms with E-state index in [1.165, 1.54) is 10.5 Å². The van der Waals surface area contributed by atoms with E-state index < -0.39 is 0 Å². The summed E-state index contributed by atoms with van der Waals surface area (Å²) < 4.78 is 0. The van der Waals surface area contributed by atoms with E-state index in [0.29, 0.717) is 6.04 Å². The van der Waals surface area contributed by atoms with Crippen LogP contribution in [0.15, 0.2) is 46.7 Å². The summed E-state index contributed by atoms with van der Waals surface area (Å²) in [5.74, 6) is 0. The maximum atomic E-state index is 4.27. The molecule has 0 aliphatic carbocycles. The molecule has 2 N–H and O–H groups in total. The fourth-order valence-corrected chi connectivity index (χ4v) is 2.92. The molecule has 1 aromatic carbocycles. The van der Waals surface area contributed by atoms with Crippen LogP contribution in [-0.4, -0.2) is 16.5 Å². The van der Waals surface area contributed by atoms with Crippen LogP contribution in [0.4, 0.5) is 0 Å². The lowest BCUT2D eigenvalue weighted by Crippen LogP contribution is -2.20. The molecule has 0 amide bonds. The molecule has 0 fully saturated rings. The van der Waals surface area contributed by atoms with Crippen LogP contribution in [0.25, 0.3) is 0 Å². The minimum atomic E-state index is 0.411. The molecule has 4 heteroatoms. The molecular weight excluding hydrogens is 242 g/mol. The zero-order chi connectivity index (χ0) is 12.8. The van der Waals surface area contributed by atoms with E-state index in [1.807, 2.05) is 6.20 Å². The standard InChI is InChI=1S/C14H19N3S/c1-3-12(15-4-2)11-7-5-6-8-13(11)18-14-16-9-10-17-14/h5-10,12,15H,3-4H2,1-2H3,(H,16,17). The molecule has 0 aliphatic rings. The molecule has 0 aliphatic heterocycles. The monoisotopic (exact) mass is 261 g/mol. The van der Waals surface area contributed by atoms with Gasteiger partial charge in [-0.1, -0.05) is 43.8 Å². The van der Waals surface area contributed by atoms with Crippen LogP contribution < -0.4 is 5.32 Å². The molecule has 0 bridgehead atoms. The first kappa shape index (κ1) is 13.2. The van der Waals surface area contributed by atoms with Gasteiger partial charge in [0.1, 0.15) is 0 Å². The van der Waals surface area contributed by atoms with E-state index in [2.05, 4.69) is 53.4 Å². The van der Waals surface area contributed by atoms with Crippen molar-refractivity contribution in [2.75, 3.05) is 6.54 Å². The van der Waals surface area contributed by atoms with Gasteiger partial charge in [0.05, 0.1) is 0 Å². The number of rotatable bonds is 6. The third-order valence-corrected chi connectivity index (χ3v) is 3.84. The molecule has 96 valence electrons. The van der Waals surface area contributed by atoms with Crippen LogP contribution in [0.5, 0.6) is 0 Å². The van der Waals surface area contributed by atoms with Crippen molar-refractivity contribution in [2.24, 2.45) is 0 Å². The fraction of sp³-hybridized carbons (Fsp3) is 0.357. The predicted octanol–water partition coefficient (Wildman–Crippen LogP) is 3.62. The molecule has 1 atom stereocenters. The number of aromatic amines is 1. The van der Waals surface area contributed by atoms with E-state index in [0.717, 1.165) is 18.1 Å². The highest BCUT2D eigenvalue weighted by Gasteiger charge is 2.13. The number of aromatic nitrogens is 2. The van der Waals surface area contributed by atoms with Crippen molar-refractivity contribution in [3.63, 3.8) is 0 Å². The zero-order valence-electron chi connectivity index (χ0n) is 10.8. The van der Waals surface area contributed by atoms with Crippen LogP contribution in [0.3, 0.4) is 0 Å². The SMILES string of the molecule is CCNC(CC)c1ccccc1Sc1ncc[nH]1. The molecule has 0 radical (unpaired) electrons. The molecular formula is C14H19N3S. The topological polar surface area (TPSA) is 40.7 Å². The highest BCUT2D eigenvalue weighted by molar-refractivity contribution is 7.99. The first-order chi connectivity index (χ1) is 8.85. The van der Waals surface area contributed by atoms with Crippen molar-refractivity contribution in [3.8, 4) is 0 Å². The predicted molar refractivity (Wildman–Crippen MR) is 75.9 cm³/mol. The maximum Gasteiger partial charge on any atom is 0.170 e. The van der Waals surface area contributed by atoms with E-state index in [-0.39, 0.29) is 0 Å². The summed E-state index contributed by atoms with van der Waals surface area (Å²) in [6, 6.07) is 8.94. The highest BCUT2D eigenvalue weighted by Crippen LogP contribution is 2.32. The van der Waals surface area contributed by atoms with Crippen molar-refractivity contribution in [3.05, 3.63) is 42.2 Å². The van der Waals surface area contributed by atoms with Crippen molar-refractivity contribution < 1.29 is 0 Å². The van der Waals surface area contributed by atoms with Crippen LogP contribution in [0.1, 0.15) is 31.9 Å². The third-order valence-electron chi connectivity index (χ3n) is 2.83. The Hall–Kier alpha value is -1.26. The first-order valence-corrected chi connectivity index (χ1v) is 7.16. The number of nitrogens with zero attached hydrogens (tertiary/aromatic N) is 1. The number of imidazole rings is 1. The Balaban J connectivity index is 2.24. The lowest BCUT2D eigenvalue weighted by Gasteiger charge is -2.19. The summed E-state index contributed by atoms with van der Waals surface area (Å²) in [6.07, 6.45) is 4.72. The van der Waals surface area contributed by atoms with Crippen molar-refractivity contribution >= 4 is 11.8 Å². The molecule has 1 aromatic heterocycles. The number of nitrogens with one attached hydrogen (secondary N) is 2. The Labute approximate surface area is 112 Å². The molecule has 2 rings (SSSR count). The smallest absolute Gasteiger partial charge is 0.170 e. The highest BCUT2D eigenvalue weighted by atomic mass is 32.2. The second kappa shape index (κ2) is 6.61. The Morgan fingerprint density at radius 3 is 2.83 bits per heavy atom. The minimum absolute atomic E-state index is 0.411. The first-order valence-electron chi connectivity index (χ1n) is 6.34.